The van der Waals surface area contributed by atoms with E-state index < -0.39 is 0 Å². The van der Waals surface area contributed by atoms with Gasteiger partial charge in [-0.05, 0) is 38.8 Å². The van der Waals surface area contributed by atoms with Gasteiger partial charge < -0.3 is 15.0 Å². The third-order valence-electron chi connectivity index (χ3n) is 3.80. The molecular formula is C18H30IN3OS. The Labute approximate surface area is 167 Å². The van der Waals surface area contributed by atoms with Crippen LogP contribution in [-0.4, -0.2) is 54.6 Å². The number of unbranched alkanes of at least 4 members (excludes halogenated alkanes) is 1. The van der Waals surface area contributed by atoms with Crippen LogP contribution in [0.1, 0.15) is 26.7 Å². The first kappa shape index (κ1) is 21.4. The van der Waals surface area contributed by atoms with Gasteiger partial charge in [0.2, 0.25) is 0 Å². The van der Waals surface area contributed by atoms with Crippen LogP contribution in [0.25, 0.3) is 0 Å². The molecule has 1 heterocycles. The van der Waals surface area contributed by atoms with Gasteiger partial charge >= 0.3 is 0 Å². The van der Waals surface area contributed by atoms with E-state index in [0.717, 1.165) is 50.8 Å². The zero-order chi connectivity index (χ0) is 16.5. The normalized spacial score (nSPS) is 17.1. The lowest BCUT2D eigenvalue weighted by molar-refractivity contribution is 0.306. The summed E-state index contributed by atoms with van der Waals surface area (Å²) in [6.45, 7) is 8.43. The van der Waals surface area contributed by atoms with Crippen LogP contribution >= 0.6 is 35.7 Å². The number of aliphatic imine (C=N–C) groups is 1. The average Bonchev–Trinajstić information content (AvgIpc) is 2.54. The van der Waals surface area contributed by atoms with Gasteiger partial charge in [0.25, 0.3) is 0 Å². The van der Waals surface area contributed by atoms with Crippen molar-refractivity contribution < 1.29 is 4.74 Å². The summed E-state index contributed by atoms with van der Waals surface area (Å²) in [5.41, 5.74) is 0. The third-order valence-corrected chi connectivity index (χ3v) is 5.10. The van der Waals surface area contributed by atoms with Crippen molar-refractivity contribution in [3.8, 4) is 5.75 Å². The Balaban J connectivity index is 0.00000288. The highest BCUT2D eigenvalue weighted by Crippen LogP contribution is 2.29. The lowest BCUT2D eigenvalue weighted by Crippen LogP contribution is -2.51. The molecule has 0 aliphatic carbocycles. The number of thioether (sulfide) groups is 1. The predicted molar refractivity (Wildman–Crippen MR) is 116 cm³/mol. The van der Waals surface area contributed by atoms with Gasteiger partial charge in [-0.1, -0.05) is 18.2 Å². The fourth-order valence-electron chi connectivity index (χ4n) is 2.66. The fourth-order valence-corrected chi connectivity index (χ4v) is 3.77. The molecule has 0 bridgehead atoms. The van der Waals surface area contributed by atoms with Crippen LogP contribution < -0.4 is 10.1 Å². The second-order valence-electron chi connectivity index (χ2n) is 6.37. The van der Waals surface area contributed by atoms with E-state index >= 15 is 0 Å². The van der Waals surface area contributed by atoms with E-state index in [0.29, 0.717) is 4.75 Å². The Hall–Kier alpha value is -0.630. The molecule has 2 rings (SSSR count). The molecule has 1 fully saturated rings. The van der Waals surface area contributed by atoms with Gasteiger partial charge in [0.1, 0.15) is 5.75 Å². The first-order valence-electron chi connectivity index (χ1n) is 8.38. The summed E-state index contributed by atoms with van der Waals surface area (Å²) in [5, 5.41) is 3.49. The quantitative estimate of drug-likeness (QED) is 0.301. The van der Waals surface area contributed by atoms with E-state index in [4.69, 9.17) is 4.74 Å². The Kier molecular flexibility index (Phi) is 9.88. The highest BCUT2D eigenvalue weighted by atomic mass is 127. The van der Waals surface area contributed by atoms with Crippen molar-refractivity contribution in [2.45, 2.75) is 31.4 Å². The molecule has 1 aliphatic heterocycles. The number of para-hydroxylation sites is 1. The lowest BCUT2D eigenvalue weighted by atomic mass is 10.2. The van der Waals surface area contributed by atoms with Gasteiger partial charge in [0.05, 0.1) is 6.61 Å². The molecule has 24 heavy (non-hydrogen) atoms. The largest absolute Gasteiger partial charge is 0.494 e. The number of ether oxygens (including phenoxy) is 1. The molecule has 6 heteroatoms. The Morgan fingerprint density at radius 1 is 1.29 bits per heavy atom. The molecule has 1 aromatic rings. The molecule has 0 saturated carbocycles. The van der Waals surface area contributed by atoms with Crippen LogP contribution in [-0.2, 0) is 0 Å². The fraction of sp³-hybridized carbons (Fsp3) is 0.611. The van der Waals surface area contributed by atoms with Crippen molar-refractivity contribution in [2.24, 2.45) is 4.99 Å². The number of benzene rings is 1. The van der Waals surface area contributed by atoms with Crippen molar-refractivity contribution >= 4 is 41.7 Å². The smallest absolute Gasteiger partial charge is 0.193 e. The molecule has 1 aliphatic rings. The summed E-state index contributed by atoms with van der Waals surface area (Å²) >= 11 is 2.04. The molecule has 0 radical (unpaired) electrons. The van der Waals surface area contributed by atoms with Crippen molar-refractivity contribution in [2.75, 3.05) is 39.0 Å². The minimum atomic E-state index is 0. The van der Waals surface area contributed by atoms with E-state index in [1.54, 1.807) is 0 Å². The van der Waals surface area contributed by atoms with E-state index in [2.05, 4.69) is 29.1 Å². The maximum atomic E-state index is 5.71. The average molecular weight is 463 g/mol. The molecule has 1 saturated heterocycles. The summed E-state index contributed by atoms with van der Waals surface area (Å²) in [4.78, 5) is 6.81. The molecule has 1 aromatic carbocycles. The minimum Gasteiger partial charge on any atom is -0.494 e. The van der Waals surface area contributed by atoms with Crippen LogP contribution in [0.3, 0.4) is 0 Å². The Bertz CT molecular complexity index is 496. The summed E-state index contributed by atoms with van der Waals surface area (Å²) in [6, 6.07) is 9.99. The van der Waals surface area contributed by atoms with Gasteiger partial charge in [-0.2, -0.15) is 11.8 Å². The van der Waals surface area contributed by atoms with E-state index in [1.165, 1.54) is 5.75 Å². The Morgan fingerprint density at radius 2 is 2.04 bits per heavy atom. The maximum absolute atomic E-state index is 5.71. The standard InChI is InChI=1S/C18H29N3OS.HI/c1-18(2)15-21(12-14-23-18)17(19-3)20-11-7-8-13-22-16-9-5-4-6-10-16;/h4-6,9-10H,7-8,11-15H2,1-3H3,(H,19,20);1H. The molecule has 0 amide bonds. The molecule has 0 spiro atoms. The van der Waals surface area contributed by atoms with Crippen LogP contribution in [0.15, 0.2) is 35.3 Å². The molecule has 136 valence electrons. The lowest BCUT2D eigenvalue weighted by Gasteiger charge is -2.39. The van der Waals surface area contributed by atoms with Gasteiger partial charge in [-0.15, -0.1) is 24.0 Å². The molecule has 0 unspecified atom stereocenters. The number of hydrogen-bond acceptors (Lipinski definition) is 3. The van der Waals surface area contributed by atoms with Crippen LogP contribution in [0, 0.1) is 0 Å². The molecule has 1 N–H and O–H groups in total. The number of nitrogens with one attached hydrogen (secondary N) is 1. The van der Waals surface area contributed by atoms with Gasteiger partial charge in [0.15, 0.2) is 5.96 Å². The SMILES string of the molecule is CN=C(NCCCCOc1ccccc1)N1CCSC(C)(C)C1.I. The summed E-state index contributed by atoms with van der Waals surface area (Å²) < 4.78 is 6.02. The summed E-state index contributed by atoms with van der Waals surface area (Å²) in [6.07, 6.45) is 2.12. The number of nitrogens with zero attached hydrogens (tertiary/aromatic N) is 2. The van der Waals surface area contributed by atoms with Gasteiger partial charge in [-0.3, -0.25) is 4.99 Å². The van der Waals surface area contributed by atoms with E-state index in [1.807, 2.05) is 49.1 Å². The van der Waals surface area contributed by atoms with Crippen LogP contribution in [0.2, 0.25) is 0 Å². The highest BCUT2D eigenvalue weighted by Gasteiger charge is 2.28. The highest BCUT2D eigenvalue weighted by molar-refractivity contribution is 14.0. The number of halogens is 1. The number of hydrogen-bond donors (Lipinski definition) is 1. The first-order valence-corrected chi connectivity index (χ1v) is 9.37. The molecule has 0 aromatic heterocycles. The summed E-state index contributed by atoms with van der Waals surface area (Å²) in [7, 11) is 1.87. The second kappa shape index (κ2) is 11.1. The molecular weight excluding hydrogens is 433 g/mol. The van der Waals surface area contributed by atoms with E-state index in [9.17, 15) is 0 Å². The molecule has 4 nitrogen and oxygen atoms in total. The zero-order valence-electron chi connectivity index (χ0n) is 15.0. The minimum absolute atomic E-state index is 0. The van der Waals surface area contributed by atoms with Crippen molar-refractivity contribution in [1.82, 2.24) is 10.2 Å². The predicted octanol–water partition coefficient (Wildman–Crippen LogP) is 3.87. The first-order chi connectivity index (χ1) is 11.1. The third kappa shape index (κ3) is 7.51. The number of guanidine groups is 1. The van der Waals surface area contributed by atoms with Crippen LogP contribution in [0.4, 0.5) is 0 Å². The second-order valence-corrected chi connectivity index (χ2v) is 8.17. The zero-order valence-corrected chi connectivity index (χ0v) is 18.1. The number of rotatable bonds is 6. The monoisotopic (exact) mass is 463 g/mol. The van der Waals surface area contributed by atoms with Crippen molar-refractivity contribution in [3.63, 3.8) is 0 Å². The molecule has 0 atom stereocenters. The van der Waals surface area contributed by atoms with Gasteiger partial charge in [0, 0.05) is 37.2 Å². The van der Waals surface area contributed by atoms with E-state index in [-0.39, 0.29) is 24.0 Å². The maximum Gasteiger partial charge on any atom is 0.193 e. The summed E-state index contributed by atoms with van der Waals surface area (Å²) in [5.74, 6) is 3.14. The van der Waals surface area contributed by atoms with Crippen LogP contribution in [0.5, 0.6) is 5.75 Å². The topological polar surface area (TPSA) is 36.9 Å². The Morgan fingerprint density at radius 3 is 2.71 bits per heavy atom. The van der Waals surface area contributed by atoms with Crippen molar-refractivity contribution in [1.29, 1.82) is 0 Å². The van der Waals surface area contributed by atoms with Gasteiger partial charge in [-0.25, -0.2) is 0 Å². The van der Waals surface area contributed by atoms with Crippen molar-refractivity contribution in [3.05, 3.63) is 30.3 Å².